The molecule has 0 fully saturated rings. The lowest BCUT2D eigenvalue weighted by atomic mass is 10.2. The molecule has 0 spiro atoms. The molecule has 3 aromatic rings. The third-order valence-corrected chi connectivity index (χ3v) is 4.86. The lowest BCUT2D eigenvalue weighted by Crippen LogP contribution is -2.10. The Morgan fingerprint density at radius 2 is 1.09 bits per heavy atom. The van der Waals surface area contributed by atoms with Crippen LogP contribution in [0.15, 0.2) is 72.8 Å². The molecule has 3 rings (SSSR count). The Morgan fingerprint density at radius 3 is 1.50 bits per heavy atom. The topological polar surface area (TPSA) is 58.2 Å². The van der Waals surface area contributed by atoms with Gasteiger partial charge in [0.25, 0.3) is 0 Å². The van der Waals surface area contributed by atoms with Crippen LogP contribution in [0.25, 0.3) is 12.2 Å². The Labute approximate surface area is 193 Å². The zero-order chi connectivity index (χ0) is 23.1. The molecule has 0 saturated heterocycles. The van der Waals surface area contributed by atoms with E-state index in [9.17, 15) is 18.4 Å². The molecule has 0 aliphatic rings. The van der Waals surface area contributed by atoms with Crippen molar-refractivity contribution < 1.29 is 18.4 Å². The smallest absolute Gasteiger partial charge is 0.248 e. The molecule has 162 valence electrons. The minimum absolute atomic E-state index is 0.104. The normalized spacial score (nSPS) is 11.1. The highest BCUT2D eigenvalue weighted by Crippen LogP contribution is 2.22. The number of hydrogen-bond donors (Lipinski definition) is 2. The van der Waals surface area contributed by atoms with Gasteiger partial charge in [-0.2, -0.15) is 0 Å². The van der Waals surface area contributed by atoms with Gasteiger partial charge in [-0.3, -0.25) is 9.59 Å². The number of rotatable bonds is 6. The Kier molecular flexibility index (Phi) is 7.76. The SMILES string of the molecule is O=C(/C=C/c1c(F)cccc1Cl)Nc1cccc(NC(=O)/C=C/c2c(F)cccc2Cl)c1. The van der Waals surface area contributed by atoms with Crippen LogP contribution in [0.4, 0.5) is 20.2 Å². The molecule has 2 amide bonds. The van der Waals surface area contributed by atoms with Crippen molar-refractivity contribution >= 4 is 58.5 Å². The molecule has 0 aliphatic heterocycles. The summed E-state index contributed by atoms with van der Waals surface area (Å²) in [6.07, 6.45) is 4.85. The van der Waals surface area contributed by atoms with Crippen molar-refractivity contribution in [3.05, 3.63) is 106 Å². The fraction of sp³-hybridized carbons (Fsp3) is 0. The van der Waals surface area contributed by atoms with Crippen molar-refractivity contribution in [2.24, 2.45) is 0 Å². The van der Waals surface area contributed by atoms with Gasteiger partial charge in [0.05, 0.1) is 10.0 Å². The van der Waals surface area contributed by atoms with Crippen LogP contribution < -0.4 is 10.6 Å². The Morgan fingerprint density at radius 1 is 0.688 bits per heavy atom. The lowest BCUT2D eigenvalue weighted by Gasteiger charge is -2.07. The first-order valence-corrected chi connectivity index (χ1v) is 10.1. The summed E-state index contributed by atoms with van der Waals surface area (Å²) in [5.74, 6) is -2.12. The maximum absolute atomic E-state index is 13.8. The first-order chi connectivity index (χ1) is 15.3. The number of benzene rings is 3. The molecule has 0 bridgehead atoms. The number of carbonyl (C=O) groups is 2. The fourth-order valence-corrected chi connectivity index (χ4v) is 3.15. The van der Waals surface area contributed by atoms with Crippen LogP contribution in [-0.2, 0) is 9.59 Å². The summed E-state index contributed by atoms with van der Waals surface area (Å²) in [7, 11) is 0. The van der Waals surface area contributed by atoms with Gasteiger partial charge in [0, 0.05) is 34.7 Å². The predicted molar refractivity (Wildman–Crippen MR) is 125 cm³/mol. The summed E-state index contributed by atoms with van der Waals surface area (Å²) in [5.41, 5.74) is 1.01. The van der Waals surface area contributed by atoms with Gasteiger partial charge >= 0.3 is 0 Å². The van der Waals surface area contributed by atoms with E-state index in [1.165, 1.54) is 54.6 Å². The molecule has 8 heteroatoms. The van der Waals surface area contributed by atoms with E-state index < -0.39 is 23.4 Å². The molecule has 2 N–H and O–H groups in total. The number of halogens is 4. The van der Waals surface area contributed by atoms with E-state index in [0.717, 1.165) is 12.2 Å². The highest BCUT2D eigenvalue weighted by molar-refractivity contribution is 6.32. The van der Waals surface area contributed by atoms with Crippen LogP contribution >= 0.6 is 23.2 Å². The highest BCUT2D eigenvalue weighted by atomic mass is 35.5. The van der Waals surface area contributed by atoms with Gasteiger partial charge < -0.3 is 10.6 Å². The van der Waals surface area contributed by atoms with Crippen LogP contribution in [0.2, 0.25) is 10.0 Å². The van der Waals surface area contributed by atoms with Crippen LogP contribution in [0.3, 0.4) is 0 Å². The third-order valence-electron chi connectivity index (χ3n) is 4.20. The summed E-state index contributed by atoms with van der Waals surface area (Å²) < 4.78 is 27.6. The van der Waals surface area contributed by atoms with Crippen molar-refractivity contribution in [2.45, 2.75) is 0 Å². The van der Waals surface area contributed by atoms with E-state index in [1.54, 1.807) is 18.2 Å². The van der Waals surface area contributed by atoms with Crippen molar-refractivity contribution in [1.82, 2.24) is 0 Å². The van der Waals surface area contributed by atoms with Crippen molar-refractivity contribution in [2.75, 3.05) is 10.6 Å². The van der Waals surface area contributed by atoms with Crippen molar-refractivity contribution in [3.63, 3.8) is 0 Å². The van der Waals surface area contributed by atoms with Crippen molar-refractivity contribution in [3.8, 4) is 0 Å². The average Bonchev–Trinajstić information content (AvgIpc) is 2.73. The molecule has 0 atom stereocenters. The van der Waals surface area contributed by atoms with E-state index in [0.29, 0.717) is 11.4 Å². The largest absolute Gasteiger partial charge is 0.322 e. The molecule has 0 saturated carbocycles. The Hall–Kier alpha value is -3.48. The summed E-state index contributed by atoms with van der Waals surface area (Å²) in [5, 5.41) is 5.59. The maximum Gasteiger partial charge on any atom is 0.248 e. The minimum Gasteiger partial charge on any atom is -0.322 e. The van der Waals surface area contributed by atoms with E-state index in [1.807, 2.05) is 0 Å². The molecular weight excluding hydrogens is 457 g/mol. The third kappa shape index (κ3) is 6.26. The summed E-state index contributed by atoms with van der Waals surface area (Å²) in [6, 6.07) is 14.8. The fourth-order valence-electron chi connectivity index (χ4n) is 2.70. The number of amides is 2. The predicted octanol–water partition coefficient (Wildman–Crippen LogP) is 6.58. The van der Waals surface area contributed by atoms with Gasteiger partial charge in [0.2, 0.25) is 11.8 Å². The molecule has 0 radical (unpaired) electrons. The first kappa shape index (κ1) is 23.2. The van der Waals surface area contributed by atoms with Gasteiger partial charge in [0.1, 0.15) is 11.6 Å². The summed E-state index contributed by atoms with van der Waals surface area (Å²) in [6.45, 7) is 0. The maximum atomic E-state index is 13.8. The highest BCUT2D eigenvalue weighted by Gasteiger charge is 2.07. The molecule has 32 heavy (non-hydrogen) atoms. The second kappa shape index (κ2) is 10.7. The molecule has 0 heterocycles. The van der Waals surface area contributed by atoms with E-state index in [4.69, 9.17) is 23.2 Å². The van der Waals surface area contributed by atoms with Gasteiger partial charge in [-0.15, -0.1) is 0 Å². The molecule has 0 aromatic heterocycles. The van der Waals surface area contributed by atoms with E-state index in [2.05, 4.69) is 10.6 Å². The van der Waals surface area contributed by atoms with Gasteiger partial charge in [-0.1, -0.05) is 41.4 Å². The zero-order valence-corrected chi connectivity index (χ0v) is 17.9. The molecule has 3 aromatic carbocycles. The van der Waals surface area contributed by atoms with Gasteiger partial charge in [-0.25, -0.2) is 8.78 Å². The first-order valence-electron chi connectivity index (χ1n) is 9.29. The minimum atomic E-state index is -0.545. The summed E-state index contributed by atoms with van der Waals surface area (Å²) >= 11 is 11.9. The lowest BCUT2D eigenvalue weighted by molar-refractivity contribution is -0.112. The Bertz CT molecular complexity index is 1100. The van der Waals surface area contributed by atoms with Gasteiger partial charge in [-0.05, 0) is 54.6 Å². The van der Waals surface area contributed by atoms with Crippen LogP contribution in [-0.4, -0.2) is 11.8 Å². The number of anilines is 2. The van der Waals surface area contributed by atoms with Crippen LogP contribution in [0, 0.1) is 11.6 Å². The average molecular weight is 473 g/mol. The van der Waals surface area contributed by atoms with Crippen LogP contribution in [0.1, 0.15) is 11.1 Å². The van der Waals surface area contributed by atoms with E-state index in [-0.39, 0.29) is 21.2 Å². The summed E-state index contributed by atoms with van der Waals surface area (Å²) in [4.78, 5) is 24.3. The molecule has 0 unspecified atom stereocenters. The monoisotopic (exact) mass is 472 g/mol. The zero-order valence-electron chi connectivity index (χ0n) is 16.4. The number of carbonyl (C=O) groups excluding carboxylic acids is 2. The quantitative estimate of drug-likeness (QED) is 0.398. The van der Waals surface area contributed by atoms with Crippen molar-refractivity contribution in [1.29, 1.82) is 0 Å². The number of hydrogen-bond acceptors (Lipinski definition) is 2. The van der Waals surface area contributed by atoms with Gasteiger partial charge in [0.15, 0.2) is 0 Å². The number of nitrogens with one attached hydrogen (secondary N) is 2. The molecular formula is C24H16Cl2F2N2O2. The molecule has 4 nitrogen and oxygen atoms in total. The standard InChI is InChI=1S/C24H16Cl2F2N2O2/c25-19-6-2-8-21(27)17(19)10-12-23(31)29-15-4-1-5-16(14-15)30-24(32)13-11-18-20(26)7-3-9-22(18)28/h1-14H,(H,29,31)(H,30,32)/b12-10+,13-11+. The second-order valence-corrected chi connectivity index (χ2v) is 7.31. The Balaban J connectivity index is 1.64. The second-order valence-electron chi connectivity index (χ2n) is 6.50. The molecule has 0 aliphatic carbocycles. The van der Waals surface area contributed by atoms with Crippen LogP contribution in [0.5, 0.6) is 0 Å². The van der Waals surface area contributed by atoms with E-state index >= 15 is 0 Å².